The van der Waals surface area contributed by atoms with Gasteiger partial charge in [0.2, 0.25) is 5.91 Å². The quantitative estimate of drug-likeness (QED) is 0.828. The lowest BCUT2D eigenvalue weighted by Crippen LogP contribution is -2.35. The van der Waals surface area contributed by atoms with Crippen LogP contribution in [0.25, 0.3) is 0 Å². The Kier molecular flexibility index (Phi) is 4.94. The molecular weight excluding hydrogens is 300 g/mol. The number of carbonyl (C=O) groups is 2. The summed E-state index contributed by atoms with van der Waals surface area (Å²) in [6.45, 7) is 1.73. The Balaban J connectivity index is 1.59. The number of fused-ring (bicyclic) bond motifs is 1. The molecule has 0 spiro atoms. The molecular formula is C20H22N2O2. The second-order valence-corrected chi connectivity index (χ2v) is 6.20. The summed E-state index contributed by atoms with van der Waals surface area (Å²) in [7, 11) is 0. The summed E-state index contributed by atoms with van der Waals surface area (Å²) in [5, 5.41) is 6.20. The van der Waals surface area contributed by atoms with E-state index >= 15 is 0 Å². The fourth-order valence-corrected chi connectivity index (χ4v) is 3.18. The summed E-state index contributed by atoms with van der Waals surface area (Å²) in [4.78, 5) is 23.7. The number of amides is 1. The molecule has 0 saturated carbocycles. The monoisotopic (exact) mass is 322 g/mol. The van der Waals surface area contributed by atoms with Crippen molar-refractivity contribution in [1.29, 1.82) is 0 Å². The van der Waals surface area contributed by atoms with Crippen LogP contribution in [0.5, 0.6) is 0 Å². The number of Topliss-reactive ketones (excluding diaryl/α,β-unsaturated/α-hetero) is 1. The number of hydrogen-bond donors (Lipinski definition) is 2. The molecule has 1 aliphatic carbocycles. The van der Waals surface area contributed by atoms with Gasteiger partial charge in [-0.1, -0.05) is 36.4 Å². The first kappa shape index (κ1) is 16.2. The zero-order valence-corrected chi connectivity index (χ0v) is 13.8. The van der Waals surface area contributed by atoms with Crippen LogP contribution >= 0.6 is 0 Å². The van der Waals surface area contributed by atoms with E-state index in [1.54, 1.807) is 12.1 Å². The summed E-state index contributed by atoms with van der Waals surface area (Å²) >= 11 is 0. The van der Waals surface area contributed by atoms with Gasteiger partial charge in [-0.05, 0) is 49.4 Å². The molecule has 2 aromatic rings. The molecule has 2 N–H and O–H groups in total. The fraction of sp³-hybridized carbons (Fsp3) is 0.300. The van der Waals surface area contributed by atoms with Gasteiger partial charge in [-0.25, -0.2) is 0 Å². The molecule has 0 heterocycles. The van der Waals surface area contributed by atoms with Gasteiger partial charge < -0.3 is 10.6 Å². The number of aryl methyl sites for hydroxylation is 1. The normalized spacial score (nSPS) is 16.1. The van der Waals surface area contributed by atoms with E-state index in [1.807, 2.05) is 24.3 Å². The molecule has 1 aliphatic rings. The third-order valence-electron chi connectivity index (χ3n) is 4.43. The third kappa shape index (κ3) is 3.82. The number of ketones is 1. The second-order valence-electron chi connectivity index (χ2n) is 6.20. The van der Waals surface area contributed by atoms with Crippen LogP contribution in [0.4, 0.5) is 5.69 Å². The average molecular weight is 322 g/mol. The Morgan fingerprint density at radius 1 is 1.12 bits per heavy atom. The summed E-state index contributed by atoms with van der Waals surface area (Å²) in [5.74, 6) is -0.0214. The van der Waals surface area contributed by atoms with Crippen molar-refractivity contribution in [3.63, 3.8) is 0 Å². The van der Waals surface area contributed by atoms with Crippen LogP contribution in [0.3, 0.4) is 0 Å². The maximum atomic E-state index is 12.3. The predicted molar refractivity (Wildman–Crippen MR) is 95.2 cm³/mol. The summed E-state index contributed by atoms with van der Waals surface area (Å²) in [6, 6.07) is 15.6. The van der Waals surface area contributed by atoms with Crippen LogP contribution in [0, 0.1) is 0 Å². The molecule has 1 unspecified atom stereocenters. The van der Waals surface area contributed by atoms with E-state index in [4.69, 9.17) is 0 Å². The number of rotatable bonds is 5. The van der Waals surface area contributed by atoms with Crippen molar-refractivity contribution in [3.8, 4) is 0 Å². The maximum Gasteiger partial charge on any atom is 0.239 e. The zero-order valence-electron chi connectivity index (χ0n) is 13.8. The lowest BCUT2D eigenvalue weighted by molar-refractivity contribution is -0.120. The predicted octanol–water partition coefficient (Wildman–Crippen LogP) is 3.49. The molecule has 0 fully saturated rings. The molecule has 2 aromatic carbocycles. The highest BCUT2D eigenvalue weighted by molar-refractivity contribution is 5.95. The van der Waals surface area contributed by atoms with Gasteiger partial charge in [-0.3, -0.25) is 9.59 Å². The summed E-state index contributed by atoms with van der Waals surface area (Å²) in [5.41, 5.74) is 3.98. The van der Waals surface area contributed by atoms with Crippen LogP contribution in [-0.4, -0.2) is 18.2 Å². The Morgan fingerprint density at radius 2 is 1.96 bits per heavy atom. The molecule has 4 nitrogen and oxygen atoms in total. The van der Waals surface area contributed by atoms with E-state index in [-0.39, 0.29) is 24.3 Å². The molecule has 24 heavy (non-hydrogen) atoms. The van der Waals surface area contributed by atoms with E-state index in [1.165, 1.54) is 18.1 Å². The molecule has 0 radical (unpaired) electrons. The molecule has 1 atom stereocenters. The molecule has 3 rings (SSSR count). The molecule has 0 bridgehead atoms. The highest BCUT2D eigenvalue weighted by Crippen LogP contribution is 2.29. The van der Waals surface area contributed by atoms with E-state index in [0.29, 0.717) is 5.56 Å². The largest absolute Gasteiger partial charge is 0.376 e. The van der Waals surface area contributed by atoms with Gasteiger partial charge in [0.15, 0.2) is 5.78 Å². The van der Waals surface area contributed by atoms with Crippen LogP contribution in [0.2, 0.25) is 0 Å². The van der Waals surface area contributed by atoms with Crippen molar-refractivity contribution in [2.24, 2.45) is 0 Å². The highest BCUT2D eigenvalue weighted by Gasteiger charge is 2.21. The first-order valence-electron chi connectivity index (χ1n) is 8.35. The zero-order chi connectivity index (χ0) is 16.9. The lowest BCUT2D eigenvalue weighted by atomic mass is 9.88. The molecule has 0 aliphatic heterocycles. The Morgan fingerprint density at radius 3 is 2.79 bits per heavy atom. The minimum absolute atomic E-state index is 0.0157. The molecule has 1 amide bonds. The highest BCUT2D eigenvalue weighted by atomic mass is 16.2. The minimum atomic E-state index is -0.0371. The van der Waals surface area contributed by atoms with E-state index < -0.39 is 0 Å². The maximum absolute atomic E-state index is 12.3. The second kappa shape index (κ2) is 7.30. The Bertz CT molecular complexity index is 755. The van der Waals surface area contributed by atoms with Gasteiger partial charge >= 0.3 is 0 Å². The number of hydrogen-bond acceptors (Lipinski definition) is 3. The van der Waals surface area contributed by atoms with Crippen molar-refractivity contribution in [3.05, 3.63) is 65.2 Å². The van der Waals surface area contributed by atoms with Gasteiger partial charge in [0.05, 0.1) is 12.6 Å². The van der Waals surface area contributed by atoms with Crippen LogP contribution in [-0.2, 0) is 11.2 Å². The van der Waals surface area contributed by atoms with Gasteiger partial charge in [-0.15, -0.1) is 0 Å². The number of anilines is 1. The topological polar surface area (TPSA) is 58.2 Å². The first-order chi connectivity index (χ1) is 11.6. The van der Waals surface area contributed by atoms with Crippen LogP contribution in [0.15, 0.2) is 48.5 Å². The van der Waals surface area contributed by atoms with Crippen molar-refractivity contribution in [2.75, 3.05) is 11.9 Å². The molecule has 0 aromatic heterocycles. The minimum Gasteiger partial charge on any atom is -0.376 e. The smallest absolute Gasteiger partial charge is 0.239 e. The van der Waals surface area contributed by atoms with E-state index in [9.17, 15) is 9.59 Å². The van der Waals surface area contributed by atoms with Gasteiger partial charge in [0.25, 0.3) is 0 Å². The van der Waals surface area contributed by atoms with Crippen molar-refractivity contribution < 1.29 is 9.59 Å². The van der Waals surface area contributed by atoms with Crippen LogP contribution < -0.4 is 10.6 Å². The van der Waals surface area contributed by atoms with E-state index in [2.05, 4.69) is 22.8 Å². The van der Waals surface area contributed by atoms with Gasteiger partial charge in [-0.2, -0.15) is 0 Å². The molecule has 4 heteroatoms. The van der Waals surface area contributed by atoms with Gasteiger partial charge in [0, 0.05) is 11.3 Å². The molecule has 0 saturated heterocycles. The lowest BCUT2D eigenvalue weighted by Gasteiger charge is -2.26. The fourth-order valence-electron chi connectivity index (χ4n) is 3.18. The SMILES string of the molecule is CC(=O)c1cccc(NCC(=O)NC2CCCc3ccccc32)c1. The van der Waals surface area contributed by atoms with Crippen molar-refractivity contribution in [1.82, 2.24) is 5.32 Å². The Labute approximate surface area is 142 Å². The summed E-state index contributed by atoms with van der Waals surface area (Å²) in [6.07, 6.45) is 3.15. The average Bonchev–Trinajstić information content (AvgIpc) is 2.60. The standard InChI is InChI=1S/C20H22N2O2/c1-14(23)16-8-4-9-17(12-16)21-13-20(24)22-19-11-5-7-15-6-2-3-10-18(15)19/h2-4,6,8-10,12,19,21H,5,7,11,13H2,1H3,(H,22,24). The van der Waals surface area contributed by atoms with Crippen molar-refractivity contribution >= 4 is 17.4 Å². The van der Waals surface area contributed by atoms with Crippen molar-refractivity contribution in [2.45, 2.75) is 32.2 Å². The first-order valence-corrected chi connectivity index (χ1v) is 8.35. The van der Waals surface area contributed by atoms with E-state index in [0.717, 1.165) is 24.9 Å². The number of benzene rings is 2. The van der Waals surface area contributed by atoms with Crippen LogP contribution in [0.1, 0.15) is 47.3 Å². The molecule has 124 valence electrons. The van der Waals surface area contributed by atoms with Gasteiger partial charge in [0.1, 0.15) is 0 Å². The Hall–Kier alpha value is -2.62. The summed E-state index contributed by atoms with van der Waals surface area (Å²) < 4.78 is 0. The number of carbonyl (C=O) groups excluding carboxylic acids is 2. The third-order valence-corrected chi connectivity index (χ3v) is 4.43. The number of nitrogens with one attached hydrogen (secondary N) is 2.